The maximum atomic E-state index is 13.4. The van der Waals surface area contributed by atoms with Crippen molar-refractivity contribution in [3.63, 3.8) is 0 Å². The SMILES string of the molecule is COc1cccc(C(O)=C2C(=O)C(=O)N(c3nc4c(C)cc(C)cc4s3)C2c2cccc(Br)c2)c1. The molecule has 5 rings (SSSR count). The van der Waals surface area contributed by atoms with Gasteiger partial charge in [0, 0.05) is 10.0 Å². The molecule has 0 saturated carbocycles. The Labute approximate surface area is 214 Å². The highest BCUT2D eigenvalue weighted by Crippen LogP contribution is 2.45. The molecule has 0 bridgehead atoms. The lowest BCUT2D eigenvalue weighted by Crippen LogP contribution is -2.29. The summed E-state index contributed by atoms with van der Waals surface area (Å²) >= 11 is 4.84. The van der Waals surface area contributed by atoms with Crippen molar-refractivity contribution in [1.29, 1.82) is 0 Å². The topological polar surface area (TPSA) is 79.7 Å². The van der Waals surface area contributed by atoms with Crippen LogP contribution in [0.3, 0.4) is 0 Å². The van der Waals surface area contributed by atoms with Gasteiger partial charge in [-0.15, -0.1) is 0 Å². The lowest BCUT2D eigenvalue weighted by molar-refractivity contribution is -0.132. The number of aliphatic hydroxyl groups excluding tert-OH is 1. The Hall–Kier alpha value is -3.49. The number of methoxy groups -OCH3 is 1. The molecular formula is C27H21BrN2O4S. The third-order valence-corrected chi connectivity index (χ3v) is 7.47. The number of rotatable bonds is 4. The van der Waals surface area contributed by atoms with Crippen molar-refractivity contribution < 1.29 is 19.4 Å². The second-order valence-corrected chi connectivity index (χ2v) is 10.3. The fourth-order valence-electron chi connectivity index (χ4n) is 4.41. The van der Waals surface area contributed by atoms with E-state index in [9.17, 15) is 14.7 Å². The number of aryl methyl sites for hydroxylation is 2. The molecule has 1 saturated heterocycles. The molecule has 176 valence electrons. The number of hydrogen-bond donors (Lipinski definition) is 1. The molecule has 6 nitrogen and oxygen atoms in total. The Morgan fingerprint density at radius 2 is 1.86 bits per heavy atom. The van der Waals surface area contributed by atoms with Gasteiger partial charge in [-0.05, 0) is 60.9 Å². The van der Waals surface area contributed by atoms with Gasteiger partial charge in [0.25, 0.3) is 5.78 Å². The van der Waals surface area contributed by atoms with Crippen LogP contribution in [0, 0.1) is 13.8 Å². The molecule has 35 heavy (non-hydrogen) atoms. The van der Waals surface area contributed by atoms with Gasteiger partial charge in [-0.1, -0.05) is 57.6 Å². The van der Waals surface area contributed by atoms with Crippen LogP contribution in [0.25, 0.3) is 16.0 Å². The zero-order valence-electron chi connectivity index (χ0n) is 19.2. The molecule has 1 N–H and O–H groups in total. The van der Waals surface area contributed by atoms with Gasteiger partial charge in [0.15, 0.2) is 5.13 Å². The summed E-state index contributed by atoms with van der Waals surface area (Å²) in [5.74, 6) is -1.22. The summed E-state index contributed by atoms with van der Waals surface area (Å²) in [4.78, 5) is 33.0. The molecule has 2 heterocycles. The summed E-state index contributed by atoms with van der Waals surface area (Å²) in [6, 6.07) is 17.3. The molecule has 1 aliphatic rings. The Morgan fingerprint density at radius 3 is 2.60 bits per heavy atom. The smallest absolute Gasteiger partial charge is 0.301 e. The summed E-state index contributed by atoms with van der Waals surface area (Å²) < 4.78 is 7.00. The number of anilines is 1. The number of nitrogens with zero attached hydrogens (tertiary/aromatic N) is 2. The molecule has 0 radical (unpaired) electrons. The van der Waals surface area contributed by atoms with E-state index in [0.29, 0.717) is 22.0 Å². The van der Waals surface area contributed by atoms with Crippen LogP contribution in [-0.4, -0.2) is 28.9 Å². The lowest BCUT2D eigenvalue weighted by Gasteiger charge is -2.23. The van der Waals surface area contributed by atoms with E-state index in [-0.39, 0.29) is 11.3 Å². The number of thiazole rings is 1. The van der Waals surface area contributed by atoms with Crippen LogP contribution in [0.2, 0.25) is 0 Å². The second-order valence-electron chi connectivity index (χ2n) is 8.38. The number of benzene rings is 3. The number of hydrogen-bond acceptors (Lipinski definition) is 6. The molecule has 1 aromatic heterocycles. The predicted octanol–water partition coefficient (Wildman–Crippen LogP) is 6.31. The van der Waals surface area contributed by atoms with Crippen LogP contribution in [0.15, 0.2) is 70.7 Å². The van der Waals surface area contributed by atoms with E-state index in [0.717, 1.165) is 25.8 Å². The van der Waals surface area contributed by atoms with Gasteiger partial charge in [-0.3, -0.25) is 14.5 Å². The molecule has 8 heteroatoms. The van der Waals surface area contributed by atoms with E-state index in [2.05, 4.69) is 15.9 Å². The summed E-state index contributed by atoms with van der Waals surface area (Å²) in [7, 11) is 1.52. The van der Waals surface area contributed by atoms with Gasteiger partial charge in [0.2, 0.25) is 0 Å². The Kier molecular flexibility index (Phi) is 5.94. The largest absolute Gasteiger partial charge is 0.507 e. The van der Waals surface area contributed by atoms with Crippen molar-refractivity contribution in [2.24, 2.45) is 0 Å². The number of ether oxygens (including phenoxy) is 1. The van der Waals surface area contributed by atoms with E-state index < -0.39 is 17.7 Å². The number of fused-ring (bicyclic) bond motifs is 1. The van der Waals surface area contributed by atoms with Crippen molar-refractivity contribution in [3.8, 4) is 5.75 Å². The molecule has 1 aliphatic heterocycles. The average Bonchev–Trinajstić information content (AvgIpc) is 3.37. The van der Waals surface area contributed by atoms with E-state index in [4.69, 9.17) is 9.72 Å². The molecular weight excluding hydrogens is 528 g/mol. The summed E-state index contributed by atoms with van der Waals surface area (Å²) in [6.45, 7) is 3.98. The third kappa shape index (κ3) is 4.02. The number of amides is 1. The van der Waals surface area contributed by atoms with Gasteiger partial charge in [-0.25, -0.2) is 4.98 Å². The van der Waals surface area contributed by atoms with Crippen LogP contribution in [-0.2, 0) is 9.59 Å². The zero-order chi connectivity index (χ0) is 24.9. The number of aliphatic hydroxyl groups is 1. The molecule has 3 aromatic carbocycles. The highest BCUT2D eigenvalue weighted by atomic mass is 79.9. The average molecular weight is 549 g/mol. The van der Waals surface area contributed by atoms with Gasteiger partial charge in [-0.2, -0.15) is 0 Å². The van der Waals surface area contributed by atoms with Gasteiger partial charge in [0.05, 0.1) is 28.9 Å². The van der Waals surface area contributed by atoms with Crippen molar-refractivity contribution in [2.75, 3.05) is 12.0 Å². The number of Topliss-reactive ketones (excluding diaryl/α,β-unsaturated/α-hetero) is 1. The minimum atomic E-state index is -0.847. The number of ketones is 1. The highest BCUT2D eigenvalue weighted by Gasteiger charge is 2.48. The van der Waals surface area contributed by atoms with Crippen molar-refractivity contribution in [2.45, 2.75) is 19.9 Å². The first-order valence-corrected chi connectivity index (χ1v) is 12.5. The van der Waals surface area contributed by atoms with Crippen LogP contribution < -0.4 is 9.64 Å². The standard InChI is InChI=1S/C27H21BrN2O4S/c1-14-10-15(2)22-20(11-14)35-27(29-22)30-23(16-6-4-8-18(28)12-16)21(25(32)26(30)33)24(31)17-7-5-9-19(13-17)34-3/h4-13,23,31H,1-3H3. The Morgan fingerprint density at radius 1 is 1.09 bits per heavy atom. The molecule has 1 amide bonds. The number of halogens is 1. The third-order valence-electron chi connectivity index (χ3n) is 5.98. The molecule has 1 atom stereocenters. The zero-order valence-corrected chi connectivity index (χ0v) is 21.6. The fourth-order valence-corrected chi connectivity index (χ4v) is 6.00. The first kappa shape index (κ1) is 23.3. The normalized spacial score (nSPS) is 17.4. The summed E-state index contributed by atoms with van der Waals surface area (Å²) in [5.41, 5.74) is 3.95. The van der Waals surface area contributed by atoms with Gasteiger partial charge >= 0.3 is 5.91 Å². The lowest BCUT2D eigenvalue weighted by atomic mass is 9.95. The van der Waals surface area contributed by atoms with Crippen LogP contribution in [0.5, 0.6) is 5.75 Å². The first-order valence-electron chi connectivity index (χ1n) is 10.9. The van der Waals surface area contributed by atoms with Crippen LogP contribution >= 0.6 is 27.3 Å². The quantitative estimate of drug-likeness (QED) is 0.183. The summed E-state index contributed by atoms with van der Waals surface area (Å²) in [6.07, 6.45) is 0. The van der Waals surface area contributed by atoms with Crippen LogP contribution in [0.4, 0.5) is 5.13 Å². The van der Waals surface area contributed by atoms with Crippen molar-refractivity contribution in [3.05, 3.63) is 93.0 Å². The van der Waals surface area contributed by atoms with E-state index in [1.807, 2.05) is 50.2 Å². The molecule has 1 unspecified atom stereocenters. The number of aromatic nitrogens is 1. The van der Waals surface area contributed by atoms with Crippen molar-refractivity contribution >= 4 is 60.1 Å². The monoisotopic (exact) mass is 548 g/mol. The van der Waals surface area contributed by atoms with E-state index in [1.165, 1.54) is 23.3 Å². The highest BCUT2D eigenvalue weighted by molar-refractivity contribution is 9.10. The van der Waals surface area contributed by atoms with E-state index >= 15 is 0 Å². The van der Waals surface area contributed by atoms with Crippen LogP contribution in [0.1, 0.15) is 28.3 Å². The van der Waals surface area contributed by atoms with Gasteiger partial charge in [0.1, 0.15) is 11.5 Å². The Bertz CT molecular complexity index is 1540. The second kappa shape index (κ2) is 8.94. The predicted molar refractivity (Wildman–Crippen MR) is 141 cm³/mol. The molecule has 0 aliphatic carbocycles. The molecule has 0 spiro atoms. The van der Waals surface area contributed by atoms with Crippen molar-refractivity contribution in [1.82, 2.24) is 4.98 Å². The first-order chi connectivity index (χ1) is 16.8. The molecule has 1 fully saturated rings. The fraction of sp³-hybridized carbons (Fsp3) is 0.148. The maximum Gasteiger partial charge on any atom is 0.301 e. The van der Waals surface area contributed by atoms with Gasteiger partial charge < -0.3 is 9.84 Å². The number of carbonyl (C=O) groups is 2. The number of carbonyl (C=O) groups excluding carboxylic acids is 2. The minimum Gasteiger partial charge on any atom is -0.507 e. The Balaban J connectivity index is 1.75. The minimum absolute atomic E-state index is 0.00788. The molecule has 4 aromatic rings. The summed E-state index contributed by atoms with van der Waals surface area (Å²) in [5, 5.41) is 11.7. The maximum absolute atomic E-state index is 13.4. The van der Waals surface area contributed by atoms with E-state index in [1.54, 1.807) is 24.3 Å².